The van der Waals surface area contributed by atoms with Crippen molar-refractivity contribution < 1.29 is 14.3 Å². The number of nitrogens with one attached hydrogen (secondary N) is 2. The van der Waals surface area contributed by atoms with Gasteiger partial charge in [-0.15, -0.1) is 0 Å². The van der Waals surface area contributed by atoms with Crippen molar-refractivity contribution in [3.63, 3.8) is 0 Å². The first-order valence-corrected chi connectivity index (χ1v) is 15.7. The molecule has 0 aliphatic carbocycles. The van der Waals surface area contributed by atoms with E-state index in [2.05, 4.69) is 57.7 Å². The van der Waals surface area contributed by atoms with E-state index in [0.717, 1.165) is 71.6 Å². The van der Waals surface area contributed by atoms with Crippen LogP contribution in [-0.2, 0) is 22.5 Å². The number of amides is 3. The fraction of sp³-hybridized carbons (Fsp3) is 0.400. The van der Waals surface area contributed by atoms with Gasteiger partial charge in [0.25, 0.3) is 0 Å². The molecule has 2 heterocycles. The average Bonchev–Trinajstić information content (AvgIpc) is 3.41. The lowest BCUT2D eigenvalue weighted by Gasteiger charge is -2.33. The van der Waals surface area contributed by atoms with Crippen molar-refractivity contribution in [1.82, 2.24) is 19.8 Å². The maximum atomic E-state index is 13.4. The molecule has 44 heavy (non-hydrogen) atoms. The highest BCUT2D eigenvalue weighted by atomic mass is 16.5. The minimum atomic E-state index is -0.257. The monoisotopic (exact) mass is 596 g/mol. The van der Waals surface area contributed by atoms with E-state index >= 15 is 0 Å². The maximum absolute atomic E-state index is 13.4. The predicted molar refractivity (Wildman–Crippen MR) is 176 cm³/mol. The first kappa shape index (κ1) is 31.2. The van der Waals surface area contributed by atoms with E-state index in [-0.39, 0.29) is 23.9 Å². The second-order valence-corrected chi connectivity index (χ2v) is 11.6. The van der Waals surface area contributed by atoms with E-state index in [4.69, 9.17) is 15.5 Å². The number of aryl methyl sites for hydroxylation is 1. The molecule has 0 saturated carbocycles. The zero-order chi connectivity index (χ0) is 30.9. The number of hydrogen-bond donors (Lipinski definition) is 3. The molecule has 0 unspecified atom stereocenters. The number of para-hydroxylation sites is 2. The Hall–Kier alpha value is -4.21. The topological polar surface area (TPSA) is 115 Å². The van der Waals surface area contributed by atoms with Crippen LogP contribution in [-0.4, -0.2) is 65.8 Å². The third-order valence-corrected chi connectivity index (χ3v) is 8.26. The normalized spacial score (nSPS) is 15.7. The number of nitrogens with two attached hydrogens (primary N) is 1. The SMILES string of the molecule is CCNC(=O)Nc1ccc(-c2ccc(C[C@@H](N)CC(=O)N3CCC[C@@H](c4nc5ccccc5n4CCCOC)C3)cc2)cc1. The number of fused-ring (bicyclic) bond motifs is 1. The highest BCUT2D eigenvalue weighted by molar-refractivity contribution is 5.89. The Morgan fingerprint density at radius 3 is 2.50 bits per heavy atom. The Labute approximate surface area is 259 Å². The van der Waals surface area contributed by atoms with Crippen LogP contribution in [0.25, 0.3) is 22.2 Å². The molecule has 1 aromatic heterocycles. The van der Waals surface area contributed by atoms with Gasteiger partial charge in [-0.05, 0) is 73.6 Å². The number of ether oxygens (including phenoxy) is 1. The molecule has 5 rings (SSSR count). The molecule has 2 atom stereocenters. The van der Waals surface area contributed by atoms with Crippen molar-refractivity contribution in [2.75, 3.05) is 38.7 Å². The lowest BCUT2D eigenvalue weighted by Crippen LogP contribution is -2.42. The molecule has 1 aliphatic rings. The van der Waals surface area contributed by atoms with E-state index in [9.17, 15) is 9.59 Å². The quantitative estimate of drug-likeness (QED) is 0.186. The van der Waals surface area contributed by atoms with Crippen molar-refractivity contribution in [2.24, 2.45) is 5.73 Å². The van der Waals surface area contributed by atoms with Gasteiger partial charge in [-0.1, -0.05) is 48.5 Å². The summed E-state index contributed by atoms with van der Waals surface area (Å²) in [6, 6.07) is 23.8. The number of urea groups is 1. The smallest absolute Gasteiger partial charge is 0.319 e. The van der Waals surface area contributed by atoms with Gasteiger partial charge in [-0.25, -0.2) is 9.78 Å². The first-order chi connectivity index (χ1) is 21.4. The van der Waals surface area contributed by atoms with Crippen LogP contribution in [0.2, 0.25) is 0 Å². The van der Waals surface area contributed by atoms with Crippen LogP contribution in [0.15, 0.2) is 72.8 Å². The molecule has 3 aromatic carbocycles. The van der Waals surface area contributed by atoms with Gasteiger partial charge in [0.1, 0.15) is 5.82 Å². The van der Waals surface area contributed by atoms with Crippen molar-refractivity contribution >= 4 is 28.7 Å². The van der Waals surface area contributed by atoms with Gasteiger partial charge in [0, 0.05) is 64.0 Å². The number of methoxy groups -OCH3 is 1. The van der Waals surface area contributed by atoms with Crippen molar-refractivity contribution in [1.29, 1.82) is 0 Å². The van der Waals surface area contributed by atoms with Gasteiger partial charge in [-0.3, -0.25) is 4.79 Å². The number of rotatable bonds is 12. The first-order valence-electron chi connectivity index (χ1n) is 15.7. The summed E-state index contributed by atoms with van der Waals surface area (Å²) in [5, 5.41) is 5.54. The summed E-state index contributed by atoms with van der Waals surface area (Å²) in [7, 11) is 1.73. The lowest BCUT2D eigenvalue weighted by atomic mass is 9.95. The Kier molecular flexibility index (Phi) is 10.6. The van der Waals surface area contributed by atoms with E-state index in [1.54, 1.807) is 7.11 Å². The number of aromatic nitrogens is 2. The summed E-state index contributed by atoms with van der Waals surface area (Å²) in [5.41, 5.74) is 12.6. The van der Waals surface area contributed by atoms with Crippen LogP contribution in [0, 0.1) is 0 Å². The number of benzene rings is 3. The molecule has 3 amide bonds. The molecule has 0 spiro atoms. The van der Waals surface area contributed by atoms with Crippen molar-refractivity contribution in [2.45, 2.75) is 57.5 Å². The van der Waals surface area contributed by atoms with E-state index < -0.39 is 0 Å². The molecular weight excluding hydrogens is 552 g/mol. The summed E-state index contributed by atoms with van der Waals surface area (Å²) in [6.07, 6.45) is 3.84. The number of likely N-dealkylation sites (tertiary alicyclic amines) is 1. The van der Waals surface area contributed by atoms with Crippen LogP contribution in [0.4, 0.5) is 10.5 Å². The molecule has 1 fully saturated rings. The third kappa shape index (κ3) is 7.84. The van der Waals surface area contributed by atoms with E-state index in [1.165, 1.54) is 0 Å². The minimum Gasteiger partial charge on any atom is -0.385 e. The predicted octanol–water partition coefficient (Wildman–Crippen LogP) is 5.55. The number of carbonyl (C=O) groups is 2. The average molecular weight is 597 g/mol. The number of nitrogens with zero attached hydrogens (tertiary/aromatic N) is 3. The van der Waals surface area contributed by atoms with E-state index in [1.807, 2.05) is 42.2 Å². The Balaban J connectivity index is 1.16. The minimum absolute atomic E-state index is 0.113. The van der Waals surface area contributed by atoms with Gasteiger partial charge in [-0.2, -0.15) is 0 Å². The second-order valence-electron chi connectivity index (χ2n) is 11.6. The van der Waals surface area contributed by atoms with Crippen LogP contribution < -0.4 is 16.4 Å². The zero-order valence-corrected chi connectivity index (χ0v) is 25.8. The van der Waals surface area contributed by atoms with Crippen molar-refractivity contribution in [3.05, 3.63) is 84.2 Å². The Morgan fingerprint density at radius 2 is 1.77 bits per heavy atom. The fourth-order valence-corrected chi connectivity index (χ4v) is 6.07. The summed E-state index contributed by atoms with van der Waals surface area (Å²) < 4.78 is 7.62. The van der Waals surface area contributed by atoms with Crippen LogP contribution in [0.5, 0.6) is 0 Å². The van der Waals surface area contributed by atoms with E-state index in [0.29, 0.717) is 32.5 Å². The molecule has 4 N–H and O–H groups in total. The summed E-state index contributed by atoms with van der Waals surface area (Å²) in [4.78, 5) is 32.1. The summed E-state index contributed by atoms with van der Waals surface area (Å²) in [5.74, 6) is 1.38. The molecule has 4 aromatic rings. The number of anilines is 1. The molecule has 9 nitrogen and oxygen atoms in total. The lowest BCUT2D eigenvalue weighted by molar-refractivity contribution is -0.132. The van der Waals surface area contributed by atoms with Crippen molar-refractivity contribution in [3.8, 4) is 11.1 Å². The summed E-state index contributed by atoms with van der Waals surface area (Å²) >= 11 is 0. The van der Waals surface area contributed by atoms with Crippen LogP contribution >= 0.6 is 0 Å². The van der Waals surface area contributed by atoms with Gasteiger partial charge in [0.05, 0.1) is 11.0 Å². The second kappa shape index (κ2) is 15.0. The molecule has 1 saturated heterocycles. The molecule has 0 radical (unpaired) electrons. The highest BCUT2D eigenvalue weighted by Gasteiger charge is 2.29. The molecule has 0 bridgehead atoms. The largest absolute Gasteiger partial charge is 0.385 e. The van der Waals surface area contributed by atoms with Gasteiger partial charge < -0.3 is 30.6 Å². The number of imidazole rings is 1. The highest BCUT2D eigenvalue weighted by Crippen LogP contribution is 2.30. The maximum Gasteiger partial charge on any atom is 0.319 e. The van der Waals surface area contributed by atoms with Gasteiger partial charge in [0.15, 0.2) is 0 Å². The van der Waals surface area contributed by atoms with Gasteiger partial charge in [0.2, 0.25) is 5.91 Å². The molecular formula is C35H44N6O3. The number of hydrogen-bond acceptors (Lipinski definition) is 5. The van der Waals surface area contributed by atoms with Crippen LogP contribution in [0.3, 0.4) is 0 Å². The Morgan fingerprint density at radius 1 is 1.05 bits per heavy atom. The third-order valence-electron chi connectivity index (χ3n) is 8.26. The molecule has 9 heteroatoms. The zero-order valence-electron chi connectivity index (χ0n) is 25.8. The fourth-order valence-electron chi connectivity index (χ4n) is 6.07. The summed E-state index contributed by atoms with van der Waals surface area (Å²) in [6.45, 7) is 5.44. The number of carbonyl (C=O) groups excluding carboxylic acids is 2. The molecule has 232 valence electrons. The molecule has 1 aliphatic heterocycles. The van der Waals surface area contributed by atoms with Gasteiger partial charge >= 0.3 is 6.03 Å². The number of piperidine rings is 1. The Bertz CT molecular complexity index is 1530. The van der Waals surface area contributed by atoms with Crippen LogP contribution in [0.1, 0.15) is 49.9 Å². The standard InChI is InChI=1S/C35H44N6O3/c1-3-37-35(43)38-30-17-15-27(16-18-30)26-13-11-25(12-14-26)22-29(36)23-33(42)40-19-6-8-28(24-40)34-39-31-9-4-5-10-32(31)41(34)20-7-21-44-2/h4-5,9-18,28-29H,3,6-8,19-24,36H2,1-2H3,(H2,37,38,43)/t28-,29-/m1/s1.